The van der Waals surface area contributed by atoms with Crippen LogP contribution in [0.3, 0.4) is 0 Å². The summed E-state index contributed by atoms with van der Waals surface area (Å²) in [6.07, 6.45) is 2.64. The van der Waals surface area contributed by atoms with E-state index in [2.05, 4.69) is 4.98 Å². The molecule has 0 spiro atoms. The fraction of sp³-hybridized carbons (Fsp3) is 0. The summed E-state index contributed by atoms with van der Waals surface area (Å²) in [4.78, 5) is 3.75. The zero-order valence-electron chi connectivity index (χ0n) is 7.26. The van der Waals surface area contributed by atoms with Crippen LogP contribution in [0, 0.1) is 17.1 Å². The highest BCUT2D eigenvalue weighted by molar-refractivity contribution is 6.45. The Morgan fingerprint density at radius 2 is 2.07 bits per heavy atom. The topological polar surface area (TPSA) is 36.7 Å². The van der Waals surface area contributed by atoms with E-state index >= 15 is 0 Å². The SMILES string of the molecule is N#Cc1cncc2c(F)cc(Cl)c(Cl)c12. The number of halogens is 3. The predicted octanol–water partition coefficient (Wildman–Crippen LogP) is 3.55. The second-order valence-corrected chi connectivity index (χ2v) is 3.66. The minimum Gasteiger partial charge on any atom is -0.263 e. The molecule has 0 aliphatic carbocycles. The van der Waals surface area contributed by atoms with Crippen LogP contribution in [-0.2, 0) is 0 Å². The normalized spacial score (nSPS) is 10.3. The molecule has 0 aliphatic heterocycles. The lowest BCUT2D eigenvalue weighted by Gasteiger charge is -2.04. The molecule has 74 valence electrons. The highest BCUT2D eigenvalue weighted by Gasteiger charge is 2.13. The molecule has 0 aliphatic rings. The molecule has 2 nitrogen and oxygen atoms in total. The number of pyridine rings is 1. The third-order valence-electron chi connectivity index (χ3n) is 2.01. The van der Waals surface area contributed by atoms with Gasteiger partial charge in [0.05, 0.1) is 15.6 Å². The van der Waals surface area contributed by atoms with E-state index in [-0.39, 0.29) is 21.0 Å². The fourth-order valence-electron chi connectivity index (χ4n) is 1.33. The lowest BCUT2D eigenvalue weighted by molar-refractivity contribution is 0.639. The van der Waals surface area contributed by atoms with E-state index in [1.165, 1.54) is 12.4 Å². The molecule has 0 bridgehead atoms. The van der Waals surface area contributed by atoms with E-state index in [0.29, 0.717) is 5.39 Å². The molecule has 0 saturated heterocycles. The zero-order valence-corrected chi connectivity index (χ0v) is 8.77. The quantitative estimate of drug-likeness (QED) is 0.661. The largest absolute Gasteiger partial charge is 0.263 e. The first-order valence-corrected chi connectivity index (χ1v) is 4.72. The summed E-state index contributed by atoms with van der Waals surface area (Å²) in [6, 6.07) is 3.00. The van der Waals surface area contributed by atoms with Crippen molar-refractivity contribution in [3.63, 3.8) is 0 Å². The maximum Gasteiger partial charge on any atom is 0.134 e. The molecule has 1 aromatic carbocycles. The molecule has 0 radical (unpaired) electrons. The van der Waals surface area contributed by atoms with Crippen molar-refractivity contribution in [1.82, 2.24) is 4.98 Å². The van der Waals surface area contributed by atoms with Gasteiger partial charge in [-0.15, -0.1) is 0 Å². The summed E-state index contributed by atoms with van der Waals surface area (Å²) in [6.45, 7) is 0. The van der Waals surface area contributed by atoms with Gasteiger partial charge in [0.25, 0.3) is 0 Å². The number of hydrogen-bond donors (Lipinski definition) is 0. The average Bonchev–Trinajstić information content (AvgIpc) is 2.25. The van der Waals surface area contributed by atoms with Gasteiger partial charge < -0.3 is 0 Å². The van der Waals surface area contributed by atoms with Gasteiger partial charge in [-0.3, -0.25) is 4.98 Å². The Labute approximate surface area is 94.9 Å². The monoisotopic (exact) mass is 240 g/mol. The van der Waals surface area contributed by atoms with Crippen molar-refractivity contribution < 1.29 is 4.39 Å². The van der Waals surface area contributed by atoms with Gasteiger partial charge in [0.1, 0.15) is 11.9 Å². The standard InChI is InChI=1S/C10H3Cl2FN2/c11-7-1-8(13)6-4-15-3-5(2-14)9(6)10(7)12/h1,3-4H. The minimum atomic E-state index is -0.538. The second kappa shape index (κ2) is 3.65. The lowest BCUT2D eigenvalue weighted by Crippen LogP contribution is -1.88. The maximum absolute atomic E-state index is 13.5. The zero-order chi connectivity index (χ0) is 11.0. The summed E-state index contributed by atoms with van der Waals surface area (Å²) in [5.41, 5.74) is 0.207. The van der Waals surface area contributed by atoms with E-state index in [9.17, 15) is 4.39 Å². The van der Waals surface area contributed by atoms with Crippen LogP contribution in [0.1, 0.15) is 5.56 Å². The van der Waals surface area contributed by atoms with Crippen molar-refractivity contribution in [2.45, 2.75) is 0 Å². The van der Waals surface area contributed by atoms with Crippen molar-refractivity contribution in [3.05, 3.63) is 39.9 Å². The molecule has 0 fully saturated rings. The van der Waals surface area contributed by atoms with Gasteiger partial charge >= 0.3 is 0 Å². The summed E-state index contributed by atoms with van der Waals surface area (Å²) in [5, 5.41) is 9.59. The van der Waals surface area contributed by atoms with Crippen LogP contribution in [0.2, 0.25) is 10.0 Å². The van der Waals surface area contributed by atoms with Gasteiger partial charge in [-0.2, -0.15) is 5.26 Å². The van der Waals surface area contributed by atoms with Crippen molar-refractivity contribution in [2.75, 3.05) is 0 Å². The lowest BCUT2D eigenvalue weighted by atomic mass is 10.1. The second-order valence-electron chi connectivity index (χ2n) is 2.88. The Morgan fingerprint density at radius 3 is 2.73 bits per heavy atom. The molecule has 0 N–H and O–H groups in total. The van der Waals surface area contributed by atoms with Gasteiger partial charge in [-0.25, -0.2) is 4.39 Å². The Bertz CT molecular complexity index is 590. The molecule has 15 heavy (non-hydrogen) atoms. The third-order valence-corrected chi connectivity index (χ3v) is 2.79. The van der Waals surface area contributed by atoms with Crippen molar-refractivity contribution in [3.8, 4) is 6.07 Å². The molecule has 0 atom stereocenters. The number of benzene rings is 1. The Balaban J connectivity index is 3.05. The van der Waals surface area contributed by atoms with E-state index in [4.69, 9.17) is 28.5 Å². The van der Waals surface area contributed by atoms with Crippen LogP contribution < -0.4 is 0 Å². The van der Waals surface area contributed by atoms with Gasteiger partial charge in [0.15, 0.2) is 0 Å². The maximum atomic E-state index is 13.5. The van der Waals surface area contributed by atoms with E-state index in [1.54, 1.807) is 0 Å². The molecule has 1 aromatic heterocycles. The number of rotatable bonds is 0. The van der Waals surface area contributed by atoms with Crippen molar-refractivity contribution in [2.24, 2.45) is 0 Å². The van der Waals surface area contributed by atoms with Crippen molar-refractivity contribution >= 4 is 34.0 Å². The van der Waals surface area contributed by atoms with Crippen LogP contribution >= 0.6 is 23.2 Å². The summed E-state index contributed by atoms with van der Waals surface area (Å²) in [5.74, 6) is -0.538. The van der Waals surface area contributed by atoms with Gasteiger partial charge in [0.2, 0.25) is 0 Å². The van der Waals surface area contributed by atoms with Crippen LogP contribution in [0.4, 0.5) is 4.39 Å². The minimum absolute atomic E-state index is 0.0874. The Morgan fingerprint density at radius 1 is 1.33 bits per heavy atom. The predicted molar refractivity (Wildman–Crippen MR) is 56.4 cm³/mol. The molecule has 2 rings (SSSR count). The van der Waals surface area contributed by atoms with Gasteiger partial charge in [-0.05, 0) is 6.07 Å². The van der Waals surface area contributed by atoms with Gasteiger partial charge in [-0.1, -0.05) is 23.2 Å². The molecular weight excluding hydrogens is 238 g/mol. The number of hydrogen-bond acceptors (Lipinski definition) is 2. The summed E-state index contributed by atoms with van der Waals surface area (Å²) in [7, 11) is 0. The van der Waals surface area contributed by atoms with Crippen molar-refractivity contribution in [1.29, 1.82) is 5.26 Å². The number of fused-ring (bicyclic) bond motifs is 1. The van der Waals surface area contributed by atoms with Gasteiger partial charge in [0, 0.05) is 23.2 Å². The first-order valence-electron chi connectivity index (χ1n) is 3.96. The van der Waals surface area contributed by atoms with Crippen LogP contribution in [0.5, 0.6) is 0 Å². The molecule has 0 amide bonds. The van der Waals surface area contributed by atoms with Crippen LogP contribution in [0.25, 0.3) is 10.8 Å². The molecule has 1 heterocycles. The number of nitriles is 1. The fourth-order valence-corrected chi connectivity index (χ4v) is 1.78. The van der Waals surface area contributed by atoms with Crippen LogP contribution in [0.15, 0.2) is 18.5 Å². The van der Waals surface area contributed by atoms with Crippen LogP contribution in [-0.4, -0.2) is 4.98 Å². The Kier molecular flexibility index (Phi) is 2.47. The first-order chi connectivity index (χ1) is 7.15. The molecular formula is C10H3Cl2FN2. The molecule has 0 unspecified atom stereocenters. The smallest absolute Gasteiger partial charge is 0.134 e. The number of nitrogens with zero attached hydrogens (tertiary/aromatic N) is 2. The Hall–Kier alpha value is -1.37. The molecule has 5 heteroatoms. The average molecular weight is 241 g/mol. The molecule has 2 aromatic rings. The molecule has 0 saturated carbocycles. The first kappa shape index (κ1) is 10.2. The summed E-state index contributed by atoms with van der Waals surface area (Å²) >= 11 is 11.6. The van der Waals surface area contributed by atoms with E-state index < -0.39 is 5.82 Å². The summed E-state index contributed by atoms with van der Waals surface area (Å²) < 4.78 is 13.5. The number of aromatic nitrogens is 1. The highest BCUT2D eigenvalue weighted by atomic mass is 35.5. The highest BCUT2D eigenvalue weighted by Crippen LogP contribution is 2.34. The third kappa shape index (κ3) is 1.52. The van der Waals surface area contributed by atoms with E-state index in [1.807, 2.05) is 6.07 Å². The van der Waals surface area contributed by atoms with E-state index in [0.717, 1.165) is 6.07 Å².